The smallest absolute Gasteiger partial charge is 0.305 e. The number of esters is 1. The second-order valence-corrected chi connectivity index (χ2v) is 19.3. The van der Waals surface area contributed by atoms with Gasteiger partial charge in [-0.15, -0.1) is 0 Å². The fourth-order valence-corrected chi connectivity index (χ4v) is 8.55. The van der Waals surface area contributed by atoms with E-state index < -0.39 is 12.1 Å². The summed E-state index contributed by atoms with van der Waals surface area (Å²) >= 11 is 0. The first-order chi connectivity index (χ1) is 31.5. The predicted molar refractivity (Wildman–Crippen MR) is 278 cm³/mol. The topological polar surface area (TPSA) is 95.9 Å². The number of hydrogen-bond donors (Lipinski definition) is 3. The number of rotatable bonds is 52. The maximum atomic E-state index is 12.5. The molecule has 6 nitrogen and oxygen atoms in total. The van der Waals surface area contributed by atoms with Crippen LogP contribution < -0.4 is 5.32 Å². The first kappa shape index (κ1) is 62.1. The van der Waals surface area contributed by atoms with E-state index in [0.29, 0.717) is 25.9 Å². The van der Waals surface area contributed by atoms with Crippen LogP contribution in [0, 0.1) is 0 Å². The third kappa shape index (κ3) is 49.5. The van der Waals surface area contributed by atoms with Gasteiger partial charge in [-0.2, -0.15) is 0 Å². The molecular formula is C58H109NO5. The molecule has 0 heterocycles. The first-order valence-corrected chi connectivity index (χ1v) is 28.2. The molecule has 376 valence electrons. The van der Waals surface area contributed by atoms with Crippen LogP contribution in [-0.2, 0) is 14.3 Å². The third-order valence-electron chi connectivity index (χ3n) is 12.9. The molecule has 0 aliphatic carbocycles. The first-order valence-electron chi connectivity index (χ1n) is 28.2. The minimum Gasteiger partial charge on any atom is -0.466 e. The number of aliphatic hydroxyl groups excluding tert-OH is 2. The van der Waals surface area contributed by atoms with E-state index in [0.717, 1.165) is 64.2 Å². The van der Waals surface area contributed by atoms with E-state index in [9.17, 15) is 19.8 Å². The van der Waals surface area contributed by atoms with Gasteiger partial charge in [0, 0.05) is 12.8 Å². The van der Waals surface area contributed by atoms with Gasteiger partial charge in [0.2, 0.25) is 5.91 Å². The molecule has 0 bridgehead atoms. The Bertz CT molecular complexity index is 1040. The Labute approximate surface area is 398 Å². The monoisotopic (exact) mass is 900 g/mol. The van der Waals surface area contributed by atoms with Crippen molar-refractivity contribution in [3.63, 3.8) is 0 Å². The number of carbonyl (C=O) groups is 2. The van der Waals surface area contributed by atoms with Crippen LogP contribution in [-0.4, -0.2) is 47.4 Å². The van der Waals surface area contributed by atoms with E-state index >= 15 is 0 Å². The van der Waals surface area contributed by atoms with Crippen molar-refractivity contribution in [2.75, 3.05) is 13.2 Å². The molecule has 0 spiro atoms. The second-order valence-electron chi connectivity index (χ2n) is 19.3. The molecule has 0 aromatic carbocycles. The van der Waals surface area contributed by atoms with Crippen LogP contribution in [0.3, 0.4) is 0 Å². The number of amides is 1. The highest BCUT2D eigenvalue weighted by Gasteiger charge is 2.20. The molecule has 0 aliphatic rings. The molecule has 64 heavy (non-hydrogen) atoms. The molecule has 0 aliphatic heterocycles. The Morgan fingerprint density at radius 2 is 0.781 bits per heavy atom. The summed E-state index contributed by atoms with van der Waals surface area (Å²) in [6, 6.07) is -0.551. The van der Waals surface area contributed by atoms with Gasteiger partial charge >= 0.3 is 5.97 Å². The van der Waals surface area contributed by atoms with Crippen LogP contribution in [0.4, 0.5) is 0 Å². The number of ether oxygens (including phenoxy) is 1. The average molecular weight is 901 g/mol. The van der Waals surface area contributed by atoms with Gasteiger partial charge in [-0.05, 0) is 83.5 Å². The van der Waals surface area contributed by atoms with Crippen LogP contribution >= 0.6 is 0 Å². The number of carbonyl (C=O) groups excluding carboxylic acids is 2. The van der Waals surface area contributed by atoms with E-state index in [1.54, 1.807) is 0 Å². The summed E-state index contributed by atoms with van der Waals surface area (Å²) in [7, 11) is 0. The molecule has 0 aromatic heterocycles. The van der Waals surface area contributed by atoms with Crippen molar-refractivity contribution >= 4 is 11.9 Å². The van der Waals surface area contributed by atoms with Crippen LogP contribution in [0.5, 0.6) is 0 Å². The number of unbranched alkanes of at least 4 members (excludes halogenated alkanes) is 35. The Hall–Kier alpha value is -1.92. The lowest BCUT2D eigenvalue weighted by Crippen LogP contribution is -2.45. The van der Waals surface area contributed by atoms with E-state index in [2.05, 4.69) is 55.6 Å². The summed E-state index contributed by atoms with van der Waals surface area (Å²) in [4.78, 5) is 24.5. The zero-order valence-electron chi connectivity index (χ0n) is 42.8. The number of hydrogen-bond acceptors (Lipinski definition) is 5. The van der Waals surface area contributed by atoms with E-state index in [1.807, 2.05) is 0 Å². The molecule has 6 heteroatoms. The predicted octanol–water partition coefficient (Wildman–Crippen LogP) is 17.2. The summed E-state index contributed by atoms with van der Waals surface area (Å²) in [6.45, 7) is 4.91. The van der Waals surface area contributed by atoms with Crippen LogP contribution in [0.25, 0.3) is 0 Å². The maximum Gasteiger partial charge on any atom is 0.305 e. The zero-order chi connectivity index (χ0) is 46.5. The van der Waals surface area contributed by atoms with Gasteiger partial charge in [-0.25, -0.2) is 0 Å². The Morgan fingerprint density at radius 3 is 1.22 bits per heavy atom. The van der Waals surface area contributed by atoms with Crippen LogP contribution in [0.2, 0.25) is 0 Å². The van der Waals surface area contributed by atoms with Gasteiger partial charge < -0.3 is 20.3 Å². The Morgan fingerprint density at radius 1 is 0.438 bits per heavy atom. The van der Waals surface area contributed by atoms with Crippen molar-refractivity contribution in [3.05, 3.63) is 36.5 Å². The molecule has 0 saturated carbocycles. The summed E-state index contributed by atoms with van der Waals surface area (Å²) < 4.78 is 5.46. The third-order valence-corrected chi connectivity index (χ3v) is 12.9. The van der Waals surface area contributed by atoms with E-state index in [-0.39, 0.29) is 18.5 Å². The highest BCUT2D eigenvalue weighted by molar-refractivity contribution is 5.76. The largest absolute Gasteiger partial charge is 0.466 e. The molecule has 0 saturated heterocycles. The number of aliphatic hydroxyl groups is 2. The fourth-order valence-electron chi connectivity index (χ4n) is 8.55. The van der Waals surface area contributed by atoms with Gasteiger partial charge in [0.05, 0.1) is 25.4 Å². The molecule has 0 radical (unpaired) electrons. The van der Waals surface area contributed by atoms with E-state index in [1.165, 1.54) is 199 Å². The summed E-state index contributed by atoms with van der Waals surface area (Å²) in [5.74, 6) is -0.0628. The van der Waals surface area contributed by atoms with E-state index in [4.69, 9.17) is 4.74 Å². The van der Waals surface area contributed by atoms with Crippen molar-refractivity contribution in [3.8, 4) is 0 Å². The molecule has 2 unspecified atom stereocenters. The van der Waals surface area contributed by atoms with Gasteiger partial charge in [0.15, 0.2) is 0 Å². The highest BCUT2D eigenvalue weighted by atomic mass is 16.5. The minimum absolute atomic E-state index is 0.0155. The van der Waals surface area contributed by atoms with Gasteiger partial charge in [-0.3, -0.25) is 9.59 Å². The molecule has 3 N–H and O–H groups in total. The van der Waals surface area contributed by atoms with Crippen LogP contribution in [0.1, 0.15) is 296 Å². The molecule has 2 atom stereocenters. The molecular weight excluding hydrogens is 791 g/mol. The lowest BCUT2D eigenvalue weighted by atomic mass is 10.0. The van der Waals surface area contributed by atoms with Crippen LogP contribution in [0.15, 0.2) is 36.5 Å². The molecule has 0 fully saturated rings. The van der Waals surface area contributed by atoms with Crippen molar-refractivity contribution in [1.29, 1.82) is 0 Å². The number of allylic oxidation sites excluding steroid dienone is 6. The number of nitrogens with one attached hydrogen (secondary N) is 1. The summed E-state index contributed by atoms with van der Waals surface area (Å²) in [5, 5.41) is 23.2. The van der Waals surface area contributed by atoms with Crippen molar-refractivity contribution in [1.82, 2.24) is 5.32 Å². The Balaban J connectivity index is 3.46. The van der Waals surface area contributed by atoms with Gasteiger partial charge in [-0.1, -0.05) is 237 Å². The Kier molecular flexibility index (Phi) is 52.1. The molecule has 0 aromatic rings. The average Bonchev–Trinajstić information content (AvgIpc) is 3.29. The quantitative estimate of drug-likeness (QED) is 0.0321. The standard InChI is InChI=1S/C58H109NO5/c1-3-5-7-9-11-13-15-17-19-24-28-32-36-40-44-48-52-58(63)64-53-49-45-41-37-33-29-25-22-20-21-23-27-31-35-39-43-47-51-57(62)59-55(54-60)56(61)50-46-42-38-34-30-26-18-16-14-12-10-8-6-4-2/h13,15,19-20,22,24,55-56,60-61H,3-12,14,16-18,21,23,25-54H2,1-2H3,(H,59,62)/b15-13-,22-20-,24-19-. The summed E-state index contributed by atoms with van der Waals surface area (Å²) in [5.41, 5.74) is 0. The minimum atomic E-state index is -0.672. The SMILES string of the molecule is CCCCCC/C=C\C/C=C\CCCCCCCC(=O)OCCCCCCCC/C=C\CCCCCCCCCC(=O)NC(CO)C(O)CCCCCCCCCCCCCCCC. The van der Waals surface area contributed by atoms with Crippen molar-refractivity contribution in [2.45, 2.75) is 309 Å². The van der Waals surface area contributed by atoms with Gasteiger partial charge in [0.1, 0.15) is 0 Å². The highest BCUT2D eigenvalue weighted by Crippen LogP contribution is 2.16. The second kappa shape index (κ2) is 53.7. The zero-order valence-corrected chi connectivity index (χ0v) is 42.8. The maximum absolute atomic E-state index is 12.5. The lowest BCUT2D eigenvalue weighted by Gasteiger charge is -2.22. The molecule has 0 rings (SSSR count). The van der Waals surface area contributed by atoms with Crippen molar-refractivity contribution in [2.24, 2.45) is 0 Å². The lowest BCUT2D eigenvalue weighted by molar-refractivity contribution is -0.143. The summed E-state index contributed by atoms with van der Waals surface area (Å²) in [6.07, 6.45) is 65.5. The van der Waals surface area contributed by atoms with Gasteiger partial charge in [0.25, 0.3) is 0 Å². The normalized spacial score (nSPS) is 12.9. The fraction of sp³-hybridized carbons (Fsp3) is 0.862. The molecule has 1 amide bonds. The van der Waals surface area contributed by atoms with Crippen molar-refractivity contribution < 1.29 is 24.5 Å².